The smallest absolute Gasteiger partial charge is 0.317 e. The van der Waals surface area contributed by atoms with Crippen molar-refractivity contribution in [2.45, 2.75) is 64.1 Å². The van der Waals surface area contributed by atoms with Crippen LogP contribution in [0.25, 0.3) is 0 Å². The predicted molar refractivity (Wildman–Crippen MR) is 99.1 cm³/mol. The van der Waals surface area contributed by atoms with E-state index in [1.54, 1.807) is 11.2 Å². The third-order valence-electron chi connectivity index (χ3n) is 5.26. The van der Waals surface area contributed by atoms with E-state index in [0.29, 0.717) is 26.1 Å². The highest BCUT2D eigenvalue weighted by Crippen LogP contribution is 2.18. The van der Waals surface area contributed by atoms with Gasteiger partial charge in [-0.1, -0.05) is 19.3 Å². The lowest BCUT2D eigenvalue weighted by Crippen LogP contribution is -2.55. The number of amides is 3. The van der Waals surface area contributed by atoms with Gasteiger partial charge in [0.25, 0.3) is 5.91 Å². The number of ether oxygens (including phenoxy) is 1. The second-order valence-electron chi connectivity index (χ2n) is 7.16. The van der Waals surface area contributed by atoms with Gasteiger partial charge < -0.3 is 24.8 Å². The van der Waals surface area contributed by atoms with E-state index < -0.39 is 6.10 Å². The summed E-state index contributed by atoms with van der Waals surface area (Å²) in [6, 6.07) is 0.177. The predicted octanol–water partition coefficient (Wildman–Crippen LogP) is 0.700. The molecule has 3 rings (SSSR count). The van der Waals surface area contributed by atoms with Gasteiger partial charge in [0.15, 0.2) is 6.10 Å². The third kappa shape index (κ3) is 5.41. The molecule has 150 valence electrons. The van der Waals surface area contributed by atoms with E-state index in [4.69, 9.17) is 4.74 Å². The fourth-order valence-corrected chi connectivity index (χ4v) is 3.65. The first-order valence-corrected chi connectivity index (χ1v) is 9.98. The Kier molecular flexibility index (Phi) is 7.03. The number of urea groups is 1. The van der Waals surface area contributed by atoms with Gasteiger partial charge in [0.05, 0.1) is 13.2 Å². The van der Waals surface area contributed by atoms with Crippen LogP contribution in [0.1, 0.15) is 44.9 Å². The number of hydrogen-bond donors (Lipinski definition) is 2. The van der Waals surface area contributed by atoms with Gasteiger partial charge in [-0.05, 0) is 19.8 Å². The molecule has 1 saturated carbocycles. The molecule has 0 aromatic carbocycles. The van der Waals surface area contributed by atoms with Crippen molar-refractivity contribution >= 4 is 11.9 Å². The second kappa shape index (κ2) is 9.68. The molecule has 1 aliphatic carbocycles. The maximum atomic E-state index is 12.5. The van der Waals surface area contributed by atoms with Gasteiger partial charge >= 0.3 is 6.03 Å². The monoisotopic (exact) mass is 378 g/mol. The van der Waals surface area contributed by atoms with E-state index in [-0.39, 0.29) is 24.5 Å². The summed E-state index contributed by atoms with van der Waals surface area (Å²) in [7, 11) is 0. The summed E-state index contributed by atoms with van der Waals surface area (Å²) in [6.07, 6.45) is 7.35. The zero-order valence-corrected chi connectivity index (χ0v) is 16.0. The highest BCUT2D eigenvalue weighted by Gasteiger charge is 2.30. The molecule has 1 atom stereocenters. The molecule has 3 amide bonds. The van der Waals surface area contributed by atoms with E-state index in [2.05, 4.69) is 20.8 Å². The molecule has 9 nitrogen and oxygen atoms in total. The minimum absolute atomic E-state index is 0.0842. The van der Waals surface area contributed by atoms with E-state index in [9.17, 15) is 9.59 Å². The van der Waals surface area contributed by atoms with E-state index in [0.717, 1.165) is 25.2 Å². The van der Waals surface area contributed by atoms with Crippen LogP contribution in [0.15, 0.2) is 6.33 Å². The molecule has 2 heterocycles. The fraction of sp³-hybridized carbons (Fsp3) is 0.778. The molecule has 0 spiro atoms. The topological polar surface area (TPSA) is 101 Å². The first-order chi connectivity index (χ1) is 13.2. The number of morpholine rings is 1. The summed E-state index contributed by atoms with van der Waals surface area (Å²) < 4.78 is 7.52. The minimum atomic E-state index is -0.625. The van der Waals surface area contributed by atoms with Gasteiger partial charge in [0.1, 0.15) is 12.2 Å². The van der Waals surface area contributed by atoms with Crippen LogP contribution < -0.4 is 10.6 Å². The Bertz CT molecular complexity index is 628. The number of rotatable bonds is 6. The minimum Gasteiger partial charge on any atom is -0.365 e. The molecule has 1 aromatic rings. The van der Waals surface area contributed by atoms with Crippen molar-refractivity contribution in [2.75, 3.05) is 26.2 Å². The average molecular weight is 378 g/mol. The van der Waals surface area contributed by atoms with Gasteiger partial charge in [-0.3, -0.25) is 4.79 Å². The molecule has 2 fully saturated rings. The molecular weight excluding hydrogens is 348 g/mol. The summed E-state index contributed by atoms with van der Waals surface area (Å²) in [6.45, 7) is 4.46. The highest BCUT2D eigenvalue weighted by atomic mass is 16.5. The quantitative estimate of drug-likeness (QED) is 0.759. The summed E-state index contributed by atoms with van der Waals surface area (Å²) >= 11 is 0. The summed E-state index contributed by atoms with van der Waals surface area (Å²) in [4.78, 5) is 26.6. The van der Waals surface area contributed by atoms with Crippen LogP contribution in [0.2, 0.25) is 0 Å². The molecule has 0 radical (unpaired) electrons. The van der Waals surface area contributed by atoms with Gasteiger partial charge in [0.2, 0.25) is 0 Å². The molecule has 9 heteroatoms. The first-order valence-electron chi connectivity index (χ1n) is 9.98. The van der Waals surface area contributed by atoms with Crippen LogP contribution in [0.3, 0.4) is 0 Å². The number of aromatic nitrogens is 3. The van der Waals surface area contributed by atoms with E-state index in [1.807, 2.05) is 11.5 Å². The maximum Gasteiger partial charge on any atom is 0.317 e. The Balaban J connectivity index is 1.42. The van der Waals surface area contributed by atoms with Gasteiger partial charge in [-0.25, -0.2) is 4.79 Å². The zero-order valence-electron chi connectivity index (χ0n) is 16.0. The number of nitrogens with zero attached hydrogens (tertiary/aromatic N) is 4. The SMILES string of the molecule is CCn1cnnc1CCNC(=O)[C@@H]1CN(C(=O)NC2CCCCC2)CCO1. The van der Waals surface area contributed by atoms with Crippen molar-refractivity contribution in [3.63, 3.8) is 0 Å². The lowest BCUT2D eigenvalue weighted by molar-refractivity contribution is -0.137. The van der Waals surface area contributed by atoms with Gasteiger partial charge in [-0.15, -0.1) is 10.2 Å². The van der Waals surface area contributed by atoms with Crippen molar-refractivity contribution in [2.24, 2.45) is 0 Å². The molecular formula is C18H30N6O3. The Morgan fingerprint density at radius 2 is 2.11 bits per heavy atom. The lowest BCUT2D eigenvalue weighted by atomic mass is 9.96. The molecule has 1 saturated heterocycles. The van der Waals surface area contributed by atoms with Crippen LogP contribution >= 0.6 is 0 Å². The molecule has 2 N–H and O–H groups in total. The number of nitrogens with one attached hydrogen (secondary N) is 2. The van der Waals surface area contributed by atoms with E-state index >= 15 is 0 Å². The third-order valence-corrected chi connectivity index (χ3v) is 5.26. The number of aryl methyl sites for hydroxylation is 1. The Morgan fingerprint density at radius 1 is 1.30 bits per heavy atom. The Morgan fingerprint density at radius 3 is 2.89 bits per heavy atom. The average Bonchev–Trinajstić information content (AvgIpc) is 3.16. The standard InChI is InChI=1S/C18H30N6O3/c1-2-23-13-20-22-16(23)8-9-19-17(25)15-12-24(10-11-27-15)18(26)21-14-6-4-3-5-7-14/h13-15H,2-12H2,1H3,(H,19,25)(H,21,26)/t15-/m0/s1. The van der Waals surface area contributed by atoms with Crippen molar-refractivity contribution in [1.29, 1.82) is 0 Å². The molecule has 1 aliphatic heterocycles. The second-order valence-corrected chi connectivity index (χ2v) is 7.16. The van der Waals surface area contributed by atoms with Gasteiger partial charge in [-0.2, -0.15) is 0 Å². The molecule has 0 unspecified atom stereocenters. The molecule has 0 bridgehead atoms. The number of carbonyl (C=O) groups is 2. The van der Waals surface area contributed by atoms with E-state index in [1.165, 1.54) is 19.3 Å². The van der Waals surface area contributed by atoms with Crippen molar-refractivity contribution in [1.82, 2.24) is 30.3 Å². The van der Waals surface area contributed by atoms with Crippen LogP contribution in [0.4, 0.5) is 4.79 Å². The lowest BCUT2D eigenvalue weighted by Gasteiger charge is -2.34. The largest absolute Gasteiger partial charge is 0.365 e. The number of carbonyl (C=O) groups excluding carboxylic acids is 2. The first kappa shape index (κ1) is 19.6. The van der Waals surface area contributed by atoms with Crippen LogP contribution in [-0.4, -0.2) is 70.0 Å². The zero-order chi connectivity index (χ0) is 19.1. The highest BCUT2D eigenvalue weighted by molar-refractivity contribution is 5.82. The van der Waals surface area contributed by atoms with Crippen LogP contribution in [-0.2, 0) is 22.5 Å². The summed E-state index contributed by atoms with van der Waals surface area (Å²) in [5.74, 6) is 0.656. The van der Waals surface area contributed by atoms with Crippen molar-refractivity contribution < 1.29 is 14.3 Å². The summed E-state index contributed by atoms with van der Waals surface area (Å²) in [5.41, 5.74) is 0. The molecule has 2 aliphatic rings. The van der Waals surface area contributed by atoms with Crippen LogP contribution in [0, 0.1) is 0 Å². The number of hydrogen-bond acceptors (Lipinski definition) is 5. The molecule has 27 heavy (non-hydrogen) atoms. The fourth-order valence-electron chi connectivity index (χ4n) is 3.65. The summed E-state index contributed by atoms with van der Waals surface area (Å²) in [5, 5.41) is 13.9. The normalized spacial score (nSPS) is 21.1. The Hall–Kier alpha value is -2.16. The van der Waals surface area contributed by atoms with Gasteiger partial charge in [0, 0.05) is 32.1 Å². The maximum absolute atomic E-state index is 12.5. The van der Waals surface area contributed by atoms with Crippen LogP contribution in [0.5, 0.6) is 0 Å². The van der Waals surface area contributed by atoms with Crippen molar-refractivity contribution in [3.05, 3.63) is 12.2 Å². The molecule has 1 aromatic heterocycles. The van der Waals surface area contributed by atoms with Crippen molar-refractivity contribution in [3.8, 4) is 0 Å². The Labute approximate surface area is 159 Å².